The number of aromatic nitrogens is 2. The molecular weight excluding hydrogens is 272 g/mol. The first-order valence-corrected chi connectivity index (χ1v) is 8.11. The van der Waals surface area contributed by atoms with Gasteiger partial charge in [0, 0.05) is 6.04 Å². The van der Waals surface area contributed by atoms with Crippen LogP contribution in [0.5, 0.6) is 0 Å². The summed E-state index contributed by atoms with van der Waals surface area (Å²) in [5.41, 5.74) is -0.0385. The summed E-state index contributed by atoms with van der Waals surface area (Å²) in [4.78, 5) is 0. The molecule has 0 amide bonds. The van der Waals surface area contributed by atoms with Gasteiger partial charge in [-0.15, -0.1) is 0 Å². The van der Waals surface area contributed by atoms with Gasteiger partial charge in [0.2, 0.25) is 0 Å². The molecule has 1 aromatic heterocycles. The zero-order valence-electron chi connectivity index (χ0n) is 13.2. The van der Waals surface area contributed by atoms with Crippen LogP contribution in [0.4, 0.5) is 0 Å². The van der Waals surface area contributed by atoms with E-state index >= 15 is 0 Å². The Bertz CT molecular complexity index is 469. The molecule has 114 valence electrons. The third-order valence-electron chi connectivity index (χ3n) is 4.70. The van der Waals surface area contributed by atoms with Crippen molar-refractivity contribution in [3.8, 4) is 0 Å². The summed E-state index contributed by atoms with van der Waals surface area (Å²) in [6, 6.07) is 0.201. The van der Waals surface area contributed by atoms with Crippen LogP contribution in [0, 0.1) is 17.8 Å². The van der Waals surface area contributed by atoms with E-state index in [4.69, 9.17) is 11.6 Å². The molecule has 0 radical (unpaired) electrons. The highest BCUT2D eigenvalue weighted by Gasteiger charge is 2.47. The van der Waals surface area contributed by atoms with Gasteiger partial charge in [0.25, 0.3) is 0 Å². The Morgan fingerprint density at radius 2 is 2.00 bits per heavy atom. The average molecular weight is 299 g/mol. The maximum Gasteiger partial charge on any atom is 0.111 e. The van der Waals surface area contributed by atoms with E-state index in [1.54, 1.807) is 6.20 Å². The highest BCUT2D eigenvalue weighted by molar-refractivity contribution is 6.31. The standard InChI is InChI=1S/C16H27ClN2O/c1-10(2)13-7-6-12(5)8-16(13,20)15-14(17)9-18-19(15)11(3)4/h9-13,20H,6-8H2,1-5H3. The molecule has 1 saturated carbocycles. The number of hydrogen-bond acceptors (Lipinski definition) is 2. The number of halogens is 1. The molecule has 4 heteroatoms. The fourth-order valence-corrected chi connectivity index (χ4v) is 4.08. The molecule has 0 aromatic carbocycles. The molecular formula is C16H27ClN2O. The minimum Gasteiger partial charge on any atom is -0.383 e. The molecule has 20 heavy (non-hydrogen) atoms. The molecule has 1 aromatic rings. The van der Waals surface area contributed by atoms with Crippen molar-refractivity contribution in [2.45, 2.75) is 65.5 Å². The zero-order chi connectivity index (χ0) is 15.1. The normalized spacial score (nSPS) is 31.2. The lowest BCUT2D eigenvalue weighted by Crippen LogP contribution is -2.45. The summed E-state index contributed by atoms with van der Waals surface area (Å²) in [7, 11) is 0. The second kappa shape index (κ2) is 5.69. The van der Waals surface area contributed by atoms with Crippen molar-refractivity contribution in [1.29, 1.82) is 0 Å². The largest absolute Gasteiger partial charge is 0.383 e. The monoisotopic (exact) mass is 298 g/mol. The first kappa shape index (κ1) is 15.8. The smallest absolute Gasteiger partial charge is 0.111 e. The van der Waals surface area contributed by atoms with Gasteiger partial charge in [-0.05, 0) is 44.4 Å². The summed E-state index contributed by atoms with van der Waals surface area (Å²) in [6.07, 6.45) is 4.67. The Morgan fingerprint density at radius 1 is 1.35 bits per heavy atom. The van der Waals surface area contributed by atoms with Crippen molar-refractivity contribution < 1.29 is 5.11 Å². The summed E-state index contributed by atoms with van der Waals surface area (Å²) in [5.74, 6) is 1.19. The molecule has 1 aliphatic carbocycles. The number of nitrogens with zero attached hydrogens (tertiary/aromatic N) is 2. The number of aliphatic hydroxyl groups is 1. The van der Waals surface area contributed by atoms with Crippen LogP contribution in [0.3, 0.4) is 0 Å². The van der Waals surface area contributed by atoms with E-state index in [-0.39, 0.29) is 12.0 Å². The Balaban J connectivity index is 2.52. The fourth-order valence-electron chi connectivity index (χ4n) is 3.78. The third-order valence-corrected chi connectivity index (χ3v) is 4.97. The maximum absolute atomic E-state index is 11.5. The highest BCUT2D eigenvalue weighted by atomic mass is 35.5. The van der Waals surface area contributed by atoms with Crippen molar-refractivity contribution in [3.05, 3.63) is 16.9 Å². The Hall–Kier alpha value is -0.540. The van der Waals surface area contributed by atoms with Crippen molar-refractivity contribution in [1.82, 2.24) is 9.78 Å². The molecule has 1 N–H and O–H groups in total. The van der Waals surface area contributed by atoms with Crippen molar-refractivity contribution in [2.75, 3.05) is 0 Å². The first-order valence-electron chi connectivity index (χ1n) is 7.73. The van der Waals surface area contributed by atoms with Gasteiger partial charge in [-0.2, -0.15) is 5.10 Å². The van der Waals surface area contributed by atoms with E-state index in [0.29, 0.717) is 16.9 Å². The van der Waals surface area contributed by atoms with E-state index in [0.717, 1.165) is 18.5 Å². The van der Waals surface area contributed by atoms with Crippen molar-refractivity contribution >= 4 is 11.6 Å². The molecule has 1 fully saturated rings. The Morgan fingerprint density at radius 3 is 2.55 bits per heavy atom. The van der Waals surface area contributed by atoms with E-state index in [2.05, 4.69) is 39.7 Å². The molecule has 0 saturated heterocycles. The van der Waals surface area contributed by atoms with Crippen LogP contribution in [0.25, 0.3) is 0 Å². The average Bonchev–Trinajstić information content (AvgIpc) is 2.71. The third kappa shape index (κ3) is 2.62. The number of hydrogen-bond donors (Lipinski definition) is 1. The molecule has 0 spiro atoms. The summed E-state index contributed by atoms with van der Waals surface area (Å²) >= 11 is 6.39. The molecule has 3 atom stereocenters. The van der Waals surface area contributed by atoms with Crippen LogP contribution in [-0.2, 0) is 5.60 Å². The van der Waals surface area contributed by atoms with E-state index < -0.39 is 5.60 Å². The van der Waals surface area contributed by atoms with E-state index in [1.807, 2.05) is 4.68 Å². The van der Waals surface area contributed by atoms with Crippen LogP contribution in [0.1, 0.15) is 65.6 Å². The lowest BCUT2D eigenvalue weighted by molar-refractivity contribution is -0.0930. The molecule has 3 unspecified atom stereocenters. The van der Waals surface area contributed by atoms with Gasteiger partial charge in [0.1, 0.15) is 5.60 Å². The van der Waals surface area contributed by atoms with Crippen molar-refractivity contribution in [3.63, 3.8) is 0 Å². The highest BCUT2D eigenvalue weighted by Crippen LogP contribution is 2.49. The minimum absolute atomic E-state index is 0.201. The maximum atomic E-state index is 11.5. The summed E-state index contributed by atoms with van der Waals surface area (Å²) < 4.78 is 1.90. The molecule has 1 heterocycles. The van der Waals surface area contributed by atoms with E-state index in [1.165, 1.54) is 6.42 Å². The topological polar surface area (TPSA) is 38.1 Å². The summed E-state index contributed by atoms with van der Waals surface area (Å²) in [6.45, 7) is 10.7. The van der Waals surface area contributed by atoms with Crippen LogP contribution in [-0.4, -0.2) is 14.9 Å². The molecule has 1 aliphatic rings. The van der Waals surface area contributed by atoms with E-state index in [9.17, 15) is 5.11 Å². The van der Waals surface area contributed by atoms with Gasteiger partial charge in [-0.25, -0.2) is 0 Å². The van der Waals surface area contributed by atoms with Crippen LogP contribution in [0.15, 0.2) is 6.20 Å². The fraction of sp³-hybridized carbons (Fsp3) is 0.812. The lowest BCUT2D eigenvalue weighted by atomic mass is 9.65. The second-order valence-electron chi connectivity index (χ2n) is 7.04. The molecule has 0 aliphatic heterocycles. The van der Waals surface area contributed by atoms with Gasteiger partial charge >= 0.3 is 0 Å². The molecule has 2 rings (SSSR count). The quantitative estimate of drug-likeness (QED) is 0.898. The van der Waals surface area contributed by atoms with Crippen LogP contribution in [0.2, 0.25) is 5.02 Å². The van der Waals surface area contributed by atoms with Crippen molar-refractivity contribution in [2.24, 2.45) is 17.8 Å². The molecule has 0 bridgehead atoms. The second-order valence-corrected chi connectivity index (χ2v) is 7.45. The van der Waals surface area contributed by atoms with Crippen LogP contribution >= 0.6 is 11.6 Å². The van der Waals surface area contributed by atoms with Gasteiger partial charge in [0.05, 0.1) is 16.9 Å². The van der Waals surface area contributed by atoms with Gasteiger partial charge in [0.15, 0.2) is 0 Å². The molecule has 3 nitrogen and oxygen atoms in total. The number of rotatable bonds is 3. The first-order chi connectivity index (χ1) is 9.27. The Kier molecular flexibility index (Phi) is 4.50. The van der Waals surface area contributed by atoms with Crippen LogP contribution < -0.4 is 0 Å². The predicted octanol–water partition coefficient (Wildman–Crippen LogP) is 4.40. The Labute approximate surface area is 127 Å². The zero-order valence-corrected chi connectivity index (χ0v) is 14.0. The van der Waals surface area contributed by atoms with Gasteiger partial charge in [-0.1, -0.05) is 38.8 Å². The lowest BCUT2D eigenvalue weighted by Gasteiger charge is -2.45. The minimum atomic E-state index is -0.857. The van der Waals surface area contributed by atoms with Gasteiger partial charge < -0.3 is 5.11 Å². The summed E-state index contributed by atoms with van der Waals surface area (Å²) in [5, 5.41) is 16.5. The predicted molar refractivity (Wildman–Crippen MR) is 82.9 cm³/mol. The SMILES string of the molecule is CC1CCC(C(C)C)C(O)(c2c(Cl)cnn2C(C)C)C1. The van der Waals surface area contributed by atoms with Gasteiger partial charge in [-0.3, -0.25) is 4.68 Å².